The summed E-state index contributed by atoms with van der Waals surface area (Å²) in [6.45, 7) is 0. The minimum absolute atomic E-state index is 0. The van der Waals surface area contributed by atoms with Gasteiger partial charge in [-0.25, -0.2) is 4.79 Å². The third-order valence-corrected chi connectivity index (χ3v) is 0. The van der Waals surface area contributed by atoms with Gasteiger partial charge in [0, 0.05) is 12.2 Å². The van der Waals surface area contributed by atoms with Crippen molar-refractivity contribution < 1.29 is 4.79 Å². The Hall–Kier alpha value is 0.722. The Kier molecular flexibility index (Phi) is 20.5. The van der Waals surface area contributed by atoms with Gasteiger partial charge in [0.25, 0.3) is 0 Å². The van der Waals surface area contributed by atoms with E-state index in [-0.39, 0.29) is 27.3 Å². The maximum atomic E-state index is 8.50. The zero-order chi connectivity index (χ0) is 2.71. The molecule has 0 N–H and O–H groups in total. The second kappa shape index (κ2) is 9.30. The molecule has 0 bridgehead atoms. The summed E-state index contributed by atoms with van der Waals surface area (Å²) in [7, 11) is 0. The van der Waals surface area contributed by atoms with Gasteiger partial charge in [0.15, 0.2) is 0 Å². The number of rotatable bonds is 0. The van der Waals surface area contributed by atoms with Crippen LogP contribution in [0.4, 0.5) is 0 Å². The summed E-state index contributed by atoms with van der Waals surface area (Å²) in [5, 5.41) is 1.08. The van der Waals surface area contributed by atoms with E-state index in [4.69, 9.17) is 4.79 Å². The van der Waals surface area contributed by atoms with Crippen molar-refractivity contribution in [2.45, 2.75) is 0 Å². The molecular formula is CH2OPbS. The summed E-state index contributed by atoms with van der Waals surface area (Å²) in [5.74, 6) is 0. The third kappa shape index (κ3) is 15.5. The molecule has 22 valence electrons. The second-order valence-corrected chi connectivity index (χ2v) is 0.250. The van der Waals surface area contributed by atoms with E-state index in [2.05, 4.69) is 12.2 Å². The molecular weight excluding hydrogens is 267 g/mol. The molecule has 0 fully saturated rings. The van der Waals surface area contributed by atoms with Crippen molar-refractivity contribution in [3.8, 4) is 0 Å². The molecule has 0 aliphatic carbocycles. The van der Waals surface area contributed by atoms with Gasteiger partial charge in [0.2, 0.25) is 5.23 Å². The molecule has 0 aromatic heterocycles. The number of carbonyl (C=O) groups excluding carboxylic acids is 1. The van der Waals surface area contributed by atoms with E-state index in [1.54, 1.807) is 0 Å². The first-order valence-corrected chi connectivity index (χ1v) is 0.816. The molecule has 0 saturated carbocycles. The van der Waals surface area contributed by atoms with E-state index in [1.807, 2.05) is 0 Å². The van der Waals surface area contributed by atoms with E-state index in [9.17, 15) is 0 Å². The summed E-state index contributed by atoms with van der Waals surface area (Å²) < 4.78 is 0. The van der Waals surface area contributed by atoms with E-state index in [0.717, 1.165) is 5.23 Å². The van der Waals surface area contributed by atoms with Gasteiger partial charge in [-0.2, -0.15) is 0 Å². The number of hydrogen-bond acceptors (Lipinski definition) is 2. The molecule has 0 atom stereocenters. The van der Waals surface area contributed by atoms with Crippen molar-refractivity contribution in [1.82, 2.24) is 0 Å². The third-order valence-electron chi connectivity index (χ3n) is 0. The quantitative estimate of drug-likeness (QED) is 0.429. The van der Waals surface area contributed by atoms with E-state index in [0.29, 0.717) is 0 Å². The predicted octanol–water partition coefficient (Wildman–Crippen LogP) is -0.665. The Morgan fingerprint density at radius 3 is 1.75 bits per heavy atom. The van der Waals surface area contributed by atoms with Gasteiger partial charge >= 0.3 is 27.3 Å². The normalized spacial score (nSPS) is 2.00. The first kappa shape index (κ1) is 8.83. The van der Waals surface area contributed by atoms with Crippen LogP contribution in [-0.2, 0) is 4.79 Å². The molecule has 0 aromatic rings. The van der Waals surface area contributed by atoms with Crippen molar-refractivity contribution in [3.05, 3.63) is 0 Å². The van der Waals surface area contributed by atoms with Crippen LogP contribution < -0.4 is 0 Å². The van der Waals surface area contributed by atoms with Crippen molar-refractivity contribution in [3.63, 3.8) is 0 Å². The van der Waals surface area contributed by atoms with E-state index in [1.165, 1.54) is 0 Å². The Bertz CT molecular complexity index is 29.0. The Morgan fingerprint density at radius 1 is 1.75 bits per heavy atom. The van der Waals surface area contributed by atoms with Gasteiger partial charge < -0.3 is 0 Å². The van der Waals surface area contributed by atoms with Crippen LogP contribution in [0.1, 0.15) is 0 Å². The van der Waals surface area contributed by atoms with Crippen LogP contribution in [-0.4, -0.2) is 32.5 Å². The molecule has 3 heteroatoms. The molecule has 0 saturated heterocycles. The molecule has 0 heterocycles. The summed E-state index contributed by atoms with van der Waals surface area (Å²) >= 11 is 3.59. The van der Waals surface area contributed by atoms with Crippen LogP contribution in [0, 0.1) is 0 Å². The van der Waals surface area contributed by atoms with Gasteiger partial charge in [-0.3, -0.25) is 0 Å². The summed E-state index contributed by atoms with van der Waals surface area (Å²) in [5.41, 5.74) is 0. The first-order chi connectivity index (χ1) is 1.41. The Morgan fingerprint density at radius 2 is 1.75 bits per heavy atom. The first-order valence-electron chi connectivity index (χ1n) is 0.408. The molecule has 0 rings (SSSR count). The molecule has 0 aliphatic rings. The zero-order valence-corrected chi connectivity index (χ0v) is 8.34. The topological polar surface area (TPSA) is 17.1 Å². The molecule has 4 heavy (non-hydrogen) atoms. The SMILES string of the molecule is O=C=S.[PbH2]. The molecule has 0 amide bonds. The minimum atomic E-state index is 0. The second-order valence-electron chi connectivity index (χ2n) is 0.0833. The van der Waals surface area contributed by atoms with Crippen molar-refractivity contribution in [2.75, 3.05) is 0 Å². The maximum absolute atomic E-state index is 8.50. The monoisotopic (exact) mass is 270 g/mol. The van der Waals surface area contributed by atoms with Gasteiger partial charge in [-0.1, -0.05) is 0 Å². The standard InChI is InChI=1S/COS.Pb.2H/c2-1-3;;;. The fourth-order valence-electron chi connectivity index (χ4n) is 0. The molecule has 1 nitrogen and oxygen atoms in total. The van der Waals surface area contributed by atoms with E-state index < -0.39 is 0 Å². The number of thiocarbonyl (C=S) groups is 1. The van der Waals surface area contributed by atoms with Gasteiger partial charge in [-0.15, -0.1) is 0 Å². The number of hydrogen-bond donors (Lipinski definition) is 0. The predicted molar refractivity (Wildman–Crippen MR) is 21.8 cm³/mol. The molecule has 0 spiro atoms. The van der Waals surface area contributed by atoms with Crippen molar-refractivity contribution >= 4 is 44.7 Å². The van der Waals surface area contributed by atoms with Crippen LogP contribution >= 0.6 is 12.2 Å². The molecule has 0 aliphatic heterocycles. The van der Waals surface area contributed by atoms with Crippen LogP contribution in [0.25, 0.3) is 0 Å². The Labute approximate surface area is 49.5 Å². The molecule has 0 aromatic carbocycles. The summed E-state index contributed by atoms with van der Waals surface area (Å²) in [6, 6.07) is 0. The average Bonchev–Trinajstić information content (AvgIpc) is 0.918. The molecule has 0 unspecified atom stereocenters. The molecule has 2 radical (unpaired) electrons. The van der Waals surface area contributed by atoms with Crippen LogP contribution in [0.5, 0.6) is 0 Å². The van der Waals surface area contributed by atoms with Gasteiger partial charge in [0.1, 0.15) is 0 Å². The fraction of sp³-hybridized carbons (Fsp3) is 0. The Balaban J connectivity index is 0. The van der Waals surface area contributed by atoms with Gasteiger partial charge in [0.05, 0.1) is 0 Å². The van der Waals surface area contributed by atoms with Crippen molar-refractivity contribution in [2.24, 2.45) is 0 Å². The van der Waals surface area contributed by atoms with Crippen molar-refractivity contribution in [1.29, 1.82) is 0 Å². The van der Waals surface area contributed by atoms with Crippen LogP contribution in [0.2, 0.25) is 0 Å². The average molecular weight is 269 g/mol. The van der Waals surface area contributed by atoms with Gasteiger partial charge in [-0.05, 0) is 0 Å². The summed E-state index contributed by atoms with van der Waals surface area (Å²) in [4.78, 5) is 8.50. The fourth-order valence-corrected chi connectivity index (χ4v) is 0. The zero-order valence-electron chi connectivity index (χ0n) is 2.02. The van der Waals surface area contributed by atoms with Crippen LogP contribution in [0.15, 0.2) is 0 Å². The van der Waals surface area contributed by atoms with Crippen LogP contribution in [0.3, 0.4) is 0 Å². The van der Waals surface area contributed by atoms with E-state index >= 15 is 0 Å². The summed E-state index contributed by atoms with van der Waals surface area (Å²) in [6.07, 6.45) is 0.